The van der Waals surface area contributed by atoms with Gasteiger partial charge in [-0.3, -0.25) is 4.79 Å². The number of rotatable bonds is 2. The zero-order chi connectivity index (χ0) is 13.0. The van der Waals surface area contributed by atoms with Crippen molar-refractivity contribution in [3.05, 3.63) is 35.4 Å². The second kappa shape index (κ2) is 5.65. The van der Waals surface area contributed by atoms with E-state index in [1.165, 1.54) is 0 Å². The van der Waals surface area contributed by atoms with Gasteiger partial charge in [-0.15, -0.1) is 0 Å². The van der Waals surface area contributed by atoms with Crippen molar-refractivity contribution in [3.8, 4) is 6.07 Å². The number of nitrogens with zero attached hydrogens (tertiary/aromatic N) is 2. The first-order valence-corrected chi connectivity index (χ1v) is 6.24. The third kappa shape index (κ3) is 2.88. The van der Waals surface area contributed by atoms with E-state index >= 15 is 0 Å². The second-order valence-electron chi connectivity index (χ2n) is 4.67. The Morgan fingerprint density at radius 3 is 3.06 bits per heavy atom. The topological polar surface area (TPSA) is 70.1 Å². The lowest BCUT2D eigenvalue weighted by Gasteiger charge is -2.22. The Hall–Kier alpha value is -1.86. The van der Waals surface area contributed by atoms with E-state index in [2.05, 4.69) is 6.07 Å². The molecule has 1 aromatic carbocycles. The quantitative estimate of drug-likeness (QED) is 0.853. The number of hydrogen-bond donors (Lipinski definition) is 1. The molecule has 2 rings (SSSR count). The van der Waals surface area contributed by atoms with Crippen LogP contribution >= 0.6 is 0 Å². The molecule has 1 heterocycles. The van der Waals surface area contributed by atoms with Crippen LogP contribution in [0, 0.1) is 11.3 Å². The van der Waals surface area contributed by atoms with Gasteiger partial charge >= 0.3 is 0 Å². The zero-order valence-electron chi connectivity index (χ0n) is 10.3. The van der Waals surface area contributed by atoms with Gasteiger partial charge in [0.2, 0.25) is 5.91 Å². The number of amides is 1. The van der Waals surface area contributed by atoms with E-state index in [9.17, 15) is 4.79 Å². The highest BCUT2D eigenvalue weighted by molar-refractivity contribution is 5.81. The van der Waals surface area contributed by atoms with Gasteiger partial charge in [0.25, 0.3) is 0 Å². The van der Waals surface area contributed by atoms with Crippen molar-refractivity contribution >= 4 is 5.91 Å². The van der Waals surface area contributed by atoms with Gasteiger partial charge in [0.15, 0.2) is 0 Å². The fourth-order valence-corrected chi connectivity index (χ4v) is 2.25. The Balaban J connectivity index is 2.11. The molecule has 0 saturated carbocycles. The molecule has 1 aromatic rings. The minimum Gasteiger partial charge on any atom is -0.337 e. The van der Waals surface area contributed by atoms with Crippen LogP contribution in [-0.4, -0.2) is 23.4 Å². The summed E-state index contributed by atoms with van der Waals surface area (Å²) in [5.41, 5.74) is 7.44. The lowest BCUT2D eigenvalue weighted by Crippen LogP contribution is -2.41. The molecule has 18 heavy (non-hydrogen) atoms. The van der Waals surface area contributed by atoms with E-state index in [1.54, 1.807) is 11.0 Å². The molecule has 4 heteroatoms. The first-order valence-electron chi connectivity index (χ1n) is 6.24. The third-order valence-corrected chi connectivity index (χ3v) is 3.25. The van der Waals surface area contributed by atoms with Crippen molar-refractivity contribution in [1.29, 1.82) is 5.26 Å². The molecule has 0 radical (unpaired) electrons. The summed E-state index contributed by atoms with van der Waals surface area (Å²) in [5, 5.41) is 8.86. The monoisotopic (exact) mass is 243 g/mol. The van der Waals surface area contributed by atoms with Crippen LogP contribution in [0.2, 0.25) is 0 Å². The molecule has 94 valence electrons. The van der Waals surface area contributed by atoms with Crippen LogP contribution in [0.15, 0.2) is 24.3 Å². The van der Waals surface area contributed by atoms with Crippen molar-refractivity contribution < 1.29 is 4.79 Å². The highest BCUT2D eigenvalue weighted by Gasteiger charge is 2.23. The highest BCUT2D eigenvalue weighted by atomic mass is 16.2. The van der Waals surface area contributed by atoms with Crippen molar-refractivity contribution in [2.45, 2.75) is 31.8 Å². The fraction of sp³-hybridized carbons (Fsp3) is 0.429. The predicted molar refractivity (Wildman–Crippen MR) is 68.4 cm³/mol. The summed E-state index contributed by atoms with van der Waals surface area (Å²) in [5.74, 6) is 0.0230. The smallest absolute Gasteiger partial charge is 0.239 e. The van der Waals surface area contributed by atoms with Gasteiger partial charge < -0.3 is 10.6 Å². The Morgan fingerprint density at radius 2 is 2.28 bits per heavy atom. The maximum Gasteiger partial charge on any atom is 0.239 e. The van der Waals surface area contributed by atoms with E-state index in [0.29, 0.717) is 12.1 Å². The molecule has 1 saturated heterocycles. The minimum atomic E-state index is -0.369. The molecule has 1 amide bonds. The number of carbonyl (C=O) groups excluding carboxylic acids is 1. The van der Waals surface area contributed by atoms with E-state index in [4.69, 9.17) is 11.0 Å². The number of benzene rings is 1. The number of carbonyl (C=O) groups is 1. The van der Waals surface area contributed by atoms with Gasteiger partial charge in [-0.2, -0.15) is 5.26 Å². The Morgan fingerprint density at radius 1 is 1.44 bits per heavy atom. The molecule has 1 aliphatic heterocycles. The van der Waals surface area contributed by atoms with Crippen LogP contribution in [-0.2, 0) is 11.3 Å². The van der Waals surface area contributed by atoms with E-state index in [1.807, 2.05) is 18.2 Å². The Kier molecular flexibility index (Phi) is 3.96. The van der Waals surface area contributed by atoms with Crippen molar-refractivity contribution in [2.24, 2.45) is 5.73 Å². The van der Waals surface area contributed by atoms with Gasteiger partial charge in [-0.05, 0) is 37.0 Å². The van der Waals surface area contributed by atoms with Gasteiger partial charge in [-0.1, -0.05) is 12.1 Å². The van der Waals surface area contributed by atoms with Crippen LogP contribution < -0.4 is 5.73 Å². The van der Waals surface area contributed by atoms with Gasteiger partial charge in [0.1, 0.15) is 0 Å². The summed E-state index contributed by atoms with van der Waals surface area (Å²) < 4.78 is 0. The van der Waals surface area contributed by atoms with Gasteiger partial charge in [0.05, 0.1) is 17.7 Å². The summed E-state index contributed by atoms with van der Waals surface area (Å²) in [6.07, 6.45) is 2.77. The summed E-state index contributed by atoms with van der Waals surface area (Å²) >= 11 is 0. The SMILES string of the molecule is N#Cc1cccc(CN2CCCC[C@H](N)C2=O)c1. The predicted octanol–water partition coefficient (Wildman–Crippen LogP) is 1.40. The van der Waals surface area contributed by atoms with E-state index < -0.39 is 0 Å². The number of hydrogen-bond acceptors (Lipinski definition) is 3. The minimum absolute atomic E-state index is 0.0230. The van der Waals surface area contributed by atoms with Crippen molar-refractivity contribution in [3.63, 3.8) is 0 Å². The van der Waals surface area contributed by atoms with Crippen LogP contribution in [0.3, 0.4) is 0 Å². The second-order valence-corrected chi connectivity index (χ2v) is 4.67. The number of nitrogens with two attached hydrogens (primary N) is 1. The average molecular weight is 243 g/mol. The lowest BCUT2D eigenvalue weighted by atomic mass is 10.1. The number of nitriles is 1. The summed E-state index contributed by atoms with van der Waals surface area (Å²) in [6, 6.07) is 9.10. The standard InChI is InChI=1S/C14H17N3O/c15-9-11-4-3-5-12(8-11)10-17-7-2-1-6-13(16)14(17)18/h3-5,8,13H,1-2,6-7,10,16H2/t13-/m0/s1. The Labute approximate surface area is 107 Å². The first-order chi connectivity index (χ1) is 8.70. The maximum absolute atomic E-state index is 12.0. The molecule has 4 nitrogen and oxygen atoms in total. The van der Waals surface area contributed by atoms with Gasteiger partial charge in [0, 0.05) is 13.1 Å². The molecule has 0 aromatic heterocycles. The molecular formula is C14H17N3O. The zero-order valence-corrected chi connectivity index (χ0v) is 10.3. The number of likely N-dealkylation sites (tertiary alicyclic amines) is 1. The van der Waals surface area contributed by atoms with Crippen molar-refractivity contribution in [2.75, 3.05) is 6.54 Å². The molecule has 1 aliphatic rings. The average Bonchev–Trinajstić information content (AvgIpc) is 2.55. The van der Waals surface area contributed by atoms with Gasteiger partial charge in [-0.25, -0.2) is 0 Å². The largest absolute Gasteiger partial charge is 0.337 e. The summed E-state index contributed by atoms with van der Waals surface area (Å²) in [4.78, 5) is 13.8. The molecule has 0 unspecified atom stereocenters. The first kappa shape index (κ1) is 12.6. The van der Waals surface area contributed by atoms with Crippen molar-refractivity contribution in [1.82, 2.24) is 4.90 Å². The summed E-state index contributed by atoms with van der Waals surface area (Å²) in [7, 11) is 0. The Bertz CT molecular complexity index is 478. The molecule has 0 aliphatic carbocycles. The maximum atomic E-state index is 12.0. The molecule has 1 atom stereocenters. The lowest BCUT2D eigenvalue weighted by molar-refractivity contribution is -0.132. The van der Waals surface area contributed by atoms with E-state index in [0.717, 1.165) is 31.4 Å². The van der Waals surface area contributed by atoms with E-state index in [-0.39, 0.29) is 11.9 Å². The summed E-state index contributed by atoms with van der Waals surface area (Å²) in [6.45, 7) is 1.30. The van der Waals surface area contributed by atoms with Crippen LogP contribution in [0.4, 0.5) is 0 Å². The molecule has 0 spiro atoms. The van der Waals surface area contributed by atoms with Crippen LogP contribution in [0.5, 0.6) is 0 Å². The normalized spacial score (nSPS) is 20.3. The van der Waals surface area contributed by atoms with Crippen LogP contribution in [0.25, 0.3) is 0 Å². The third-order valence-electron chi connectivity index (χ3n) is 3.25. The molecule has 0 bridgehead atoms. The van der Waals surface area contributed by atoms with Crippen LogP contribution in [0.1, 0.15) is 30.4 Å². The molecule has 1 fully saturated rings. The highest BCUT2D eigenvalue weighted by Crippen LogP contribution is 2.14. The fourth-order valence-electron chi connectivity index (χ4n) is 2.25. The molecule has 2 N–H and O–H groups in total. The molecular weight excluding hydrogens is 226 g/mol.